The van der Waals surface area contributed by atoms with Gasteiger partial charge in [-0.05, 0) is 12.8 Å². The van der Waals surface area contributed by atoms with Gasteiger partial charge in [0.1, 0.15) is 0 Å². The third kappa shape index (κ3) is 4.37. The van der Waals surface area contributed by atoms with Crippen LogP contribution < -0.4 is 4.90 Å². The van der Waals surface area contributed by atoms with Crippen LogP contribution in [0.1, 0.15) is 57.5 Å². The van der Waals surface area contributed by atoms with Crippen molar-refractivity contribution in [3.63, 3.8) is 0 Å². The highest BCUT2D eigenvalue weighted by atomic mass is 32.2. The highest BCUT2D eigenvalue weighted by Crippen LogP contribution is 2.35. The first-order valence-electron chi connectivity index (χ1n) is 9.21. The summed E-state index contributed by atoms with van der Waals surface area (Å²) >= 11 is 1.61. The van der Waals surface area contributed by atoms with Gasteiger partial charge in [0.15, 0.2) is 11.0 Å². The van der Waals surface area contributed by atoms with E-state index in [9.17, 15) is 0 Å². The summed E-state index contributed by atoms with van der Waals surface area (Å²) in [5.41, 5.74) is 0. The molecule has 1 aliphatic rings. The Labute approximate surface area is 158 Å². The number of morpholine rings is 1. The van der Waals surface area contributed by atoms with Gasteiger partial charge in [-0.15, -0.1) is 10.2 Å². The largest absolute Gasteiger partial charge is 0.378 e. The standard InChI is InChI=1S/C17H28N6O2S/c1-11(2)10-23-16(22-6-8-24-9-7-22)19-20-17(23)26-13(5)15-18-14(12(3)4)21-25-15/h11-13H,6-10H2,1-5H3. The first kappa shape index (κ1) is 19.2. The van der Waals surface area contributed by atoms with E-state index in [0.717, 1.165) is 49.8 Å². The van der Waals surface area contributed by atoms with E-state index < -0.39 is 0 Å². The van der Waals surface area contributed by atoms with Gasteiger partial charge < -0.3 is 14.2 Å². The summed E-state index contributed by atoms with van der Waals surface area (Å²) < 4.78 is 13.1. The zero-order valence-electron chi connectivity index (χ0n) is 16.2. The average Bonchev–Trinajstić information content (AvgIpc) is 3.23. The van der Waals surface area contributed by atoms with E-state index in [2.05, 4.69) is 64.4 Å². The second-order valence-corrected chi connectivity index (χ2v) is 8.60. The van der Waals surface area contributed by atoms with Gasteiger partial charge >= 0.3 is 0 Å². The van der Waals surface area contributed by atoms with Crippen LogP contribution in [0.5, 0.6) is 0 Å². The average molecular weight is 381 g/mol. The van der Waals surface area contributed by atoms with Crippen molar-refractivity contribution in [1.29, 1.82) is 0 Å². The molecule has 2 aromatic rings. The first-order valence-corrected chi connectivity index (χ1v) is 10.1. The minimum Gasteiger partial charge on any atom is -0.378 e. The lowest BCUT2D eigenvalue weighted by atomic mass is 10.2. The van der Waals surface area contributed by atoms with E-state index in [1.165, 1.54) is 0 Å². The second-order valence-electron chi connectivity index (χ2n) is 7.29. The van der Waals surface area contributed by atoms with Crippen LogP contribution in [0.4, 0.5) is 5.95 Å². The number of anilines is 1. The van der Waals surface area contributed by atoms with Crippen LogP contribution in [-0.4, -0.2) is 51.2 Å². The molecule has 1 saturated heterocycles. The molecular formula is C17H28N6O2S. The number of thioether (sulfide) groups is 1. The third-order valence-electron chi connectivity index (χ3n) is 4.14. The molecule has 9 heteroatoms. The minimum absolute atomic E-state index is 0.0163. The number of hydrogen-bond acceptors (Lipinski definition) is 8. The van der Waals surface area contributed by atoms with Crippen molar-refractivity contribution in [3.8, 4) is 0 Å². The number of nitrogens with zero attached hydrogens (tertiary/aromatic N) is 6. The van der Waals surface area contributed by atoms with Gasteiger partial charge in [0.25, 0.3) is 0 Å². The fourth-order valence-electron chi connectivity index (χ4n) is 2.75. The number of hydrogen-bond donors (Lipinski definition) is 0. The molecule has 0 radical (unpaired) electrons. The van der Waals surface area contributed by atoms with Crippen molar-refractivity contribution in [1.82, 2.24) is 24.9 Å². The molecule has 8 nitrogen and oxygen atoms in total. The fraction of sp³-hybridized carbons (Fsp3) is 0.765. The lowest BCUT2D eigenvalue weighted by Gasteiger charge is -2.28. The van der Waals surface area contributed by atoms with Crippen molar-refractivity contribution in [2.45, 2.75) is 57.5 Å². The van der Waals surface area contributed by atoms with E-state index in [-0.39, 0.29) is 11.2 Å². The van der Waals surface area contributed by atoms with Crippen LogP contribution in [0.2, 0.25) is 0 Å². The predicted octanol–water partition coefficient (Wildman–Crippen LogP) is 3.13. The molecule has 0 amide bonds. The van der Waals surface area contributed by atoms with Crippen molar-refractivity contribution in [2.24, 2.45) is 5.92 Å². The molecule has 0 saturated carbocycles. The van der Waals surface area contributed by atoms with Crippen molar-refractivity contribution >= 4 is 17.7 Å². The van der Waals surface area contributed by atoms with Gasteiger partial charge in [0, 0.05) is 25.6 Å². The topological polar surface area (TPSA) is 82.1 Å². The van der Waals surface area contributed by atoms with Crippen LogP contribution in [0, 0.1) is 5.92 Å². The molecular weight excluding hydrogens is 352 g/mol. The summed E-state index contributed by atoms with van der Waals surface area (Å²) in [4.78, 5) is 6.76. The Morgan fingerprint density at radius 3 is 2.42 bits per heavy atom. The summed E-state index contributed by atoms with van der Waals surface area (Å²) in [6, 6.07) is 0. The van der Waals surface area contributed by atoms with Crippen LogP contribution in [-0.2, 0) is 11.3 Å². The van der Waals surface area contributed by atoms with Gasteiger partial charge in [0.05, 0.1) is 18.5 Å². The Bertz CT molecular complexity index is 708. The molecule has 0 N–H and O–H groups in total. The Kier molecular flexibility index (Phi) is 6.18. The van der Waals surface area contributed by atoms with E-state index in [4.69, 9.17) is 9.26 Å². The van der Waals surface area contributed by atoms with Crippen molar-refractivity contribution < 1.29 is 9.26 Å². The summed E-state index contributed by atoms with van der Waals surface area (Å²) in [7, 11) is 0. The number of rotatable bonds is 7. The van der Waals surface area contributed by atoms with E-state index in [1.807, 2.05) is 0 Å². The van der Waals surface area contributed by atoms with Crippen LogP contribution >= 0.6 is 11.8 Å². The monoisotopic (exact) mass is 380 g/mol. The normalized spacial score (nSPS) is 16.7. The highest BCUT2D eigenvalue weighted by molar-refractivity contribution is 7.99. The lowest BCUT2D eigenvalue weighted by Crippen LogP contribution is -2.38. The quantitative estimate of drug-likeness (QED) is 0.678. The fourth-order valence-corrected chi connectivity index (χ4v) is 3.63. The minimum atomic E-state index is 0.0163. The Morgan fingerprint density at radius 1 is 1.08 bits per heavy atom. The van der Waals surface area contributed by atoms with Gasteiger partial charge in [-0.2, -0.15) is 4.98 Å². The zero-order valence-corrected chi connectivity index (χ0v) is 17.0. The SMILES string of the molecule is CC(C)Cn1c(SC(C)c2nc(C(C)C)no2)nnc1N1CCOCC1. The molecule has 1 atom stereocenters. The molecule has 3 rings (SSSR count). The summed E-state index contributed by atoms with van der Waals surface area (Å²) in [5.74, 6) is 3.04. The maximum Gasteiger partial charge on any atom is 0.239 e. The summed E-state index contributed by atoms with van der Waals surface area (Å²) in [5, 5.41) is 13.9. The molecule has 0 bridgehead atoms. The summed E-state index contributed by atoms with van der Waals surface area (Å²) in [6.07, 6.45) is 0. The van der Waals surface area contributed by atoms with Gasteiger partial charge in [-0.1, -0.05) is 44.6 Å². The molecule has 0 aliphatic carbocycles. The van der Waals surface area contributed by atoms with Crippen molar-refractivity contribution in [2.75, 3.05) is 31.2 Å². The molecule has 1 unspecified atom stereocenters. The lowest BCUT2D eigenvalue weighted by molar-refractivity contribution is 0.121. The van der Waals surface area contributed by atoms with Gasteiger partial charge in [0.2, 0.25) is 11.8 Å². The summed E-state index contributed by atoms with van der Waals surface area (Å²) in [6.45, 7) is 14.6. The molecule has 1 fully saturated rings. The predicted molar refractivity (Wildman–Crippen MR) is 101 cm³/mol. The Morgan fingerprint density at radius 2 is 1.81 bits per heavy atom. The zero-order chi connectivity index (χ0) is 18.7. The maximum atomic E-state index is 5.46. The Balaban J connectivity index is 1.80. The molecule has 144 valence electrons. The highest BCUT2D eigenvalue weighted by Gasteiger charge is 2.24. The van der Waals surface area contributed by atoms with Gasteiger partial charge in [-0.3, -0.25) is 4.57 Å². The molecule has 0 aromatic carbocycles. The first-order chi connectivity index (χ1) is 12.5. The molecule has 26 heavy (non-hydrogen) atoms. The third-order valence-corrected chi connectivity index (χ3v) is 5.21. The van der Waals surface area contributed by atoms with Crippen LogP contribution in [0.15, 0.2) is 9.68 Å². The number of ether oxygens (including phenoxy) is 1. The van der Waals surface area contributed by atoms with E-state index >= 15 is 0 Å². The van der Waals surface area contributed by atoms with Crippen molar-refractivity contribution in [3.05, 3.63) is 11.7 Å². The van der Waals surface area contributed by atoms with E-state index in [1.54, 1.807) is 11.8 Å². The molecule has 1 aliphatic heterocycles. The molecule has 2 aromatic heterocycles. The maximum absolute atomic E-state index is 5.46. The van der Waals surface area contributed by atoms with E-state index in [0.29, 0.717) is 11.8 Å². The molecule has 0 spiro atoms. The van der Waals surface area contributed by atoms with Gasteiger partial charge in [-0.25, -0.2) is 0 Å². The number of aromatic nitrogens is 5. The molecule has 3 heterocycles. The van der Waals surface area contributed by atoms with Crippen LogP contribution in [0.3, 0.4) is 0 Å². The Hall–Kier alpha value is -1.61. The second kappa shape index (κ2) is 8.39. The van der Waals surface area contributed by atoms with Crippen LogP contribution in [0.25, 0.3) is 0 Å². The smallest absolute Gasteiger partial charge is 0.239 e.